The molecular formula is C20H31N3O4. The summed E-state index contributed by atoms with van der Waals surface area (Å²) in [5.41, 5.74) is 0.586. The summed E-state index contributed by atoms with van der Waals surface area (Å²) in [6.45, 7) is 5.99. The molecule has 1 aliphatic rings. The quantitative estimate of drug-likeness (QED) is 0.748. The van der Waals surface area contributed by atoms with Crippen LogP contribution >= 0.6 is 0 Å². The standard InChI is InChI=1S/C20H31N3O4/c1-20(2,13-22(3)4)12-21-19(25)14-9-18(24)23(11-14)16-10-15(26-5)7-8-17(16)27-6/h7-8,10,14H,9,11-13H2,1-6H3,(H,21,25). The number of nitrogens with zero attached hydrogens (tertiary/aromatic N) is 2. The minimum absolute atomic E-state index is 0.0442. The van der Waals surface area contributed by atoms with E-state index in [0.29, 0.717) is 30.3 Å². The average molecular weight is 377 g/mol. The van der Waals surface area contributed by atoms with Crippen LogP contribution in [0.4, 0.5) is 5.69 Å². The molecule has 150 valence electrons. The largest absolute Gasteiger partial charge is 0.497 e. The summed E-state index contributed by atoms with van der Waals surface area (Å²) in [6.07, 6.45) is 0.195. The third-order valence-corrected chi connectivity index (χ3v) is 4.66. The van der Waals surface area contributed by atoms with Gasteiger partial charge >= 0.3 is 0 Å². The Kier molecular flexibility index (Phi) is 6.70. The maximum absolute atomic E-state index is 12.6. The molecule has 1 N–H and O–H groups in total. The number of carbonyl (C=O) groups is 2. The normalized spacial score (nSPS) is 17.4. The molecule has 2 amide bonds. The van der Waals surface area contributed by atoms with E-state index in [1.165, 1.54) is 0 Å². The Balaban J connectivity index is 2.06. The Morgan fingerprint density at radius 3 is 2.59 bits per heavy atom. The Labute approximate surface area is 161 Å². The number of benzene rings is 1. The van der Waals surface area contributed by atoms with Crippen LogP contribution in [0.1, 0.15) is 20.3 Å². The van der Waals surface area contributed by atoms with Crippen LogP contribution in [0.3, 0.4) is 0 Å². The third kappa shape index (κ3) is 5.35. The Morgan fingerprint density at radius 2 is 2.00 bits per heavy atom. The first kappa shape index (κ1) is 21.0. The molecule has 1 aliphatic heterocycles. The molecule has 1 aromatic rings. The number of anilines is 1. The Hall–Kier alpha value is -2.28. The minimum Gasteiger partial charge on any atom is -0.497 e. The van der Waals surface area contributed by atoms with Crippen molar-refractivity contribution >= 4 is 17.5 Å². The van der Waals surface area contributed by atoms with Gasteiger partial charge in [-0.1, -0.05) is 13.8 Å². The number of rotatable bonds is 8. The fourth-order valence-electron chi connectivity index (χ4n) is 3.51. The van der Waals surface area contributed by atoms with E-state index in [-0.39, 0.29) is 29.6 Å². The summed E-state index contributed by atoms with van der Waals surface area (Å²) < 4.78 is 10.6. The topological polar surface area (TPSA) is 71.1 Å². The van der Waals surface area contributed by atoms with Gasteiger partial charge in [-0.05, 0) is 31.6 Å². The maximum atomic E-state index is 12.6. The van der Waals surface area contributed by atoms with Crippen molar-refractivity contribution in [1.29, 1.82) is 0 Å². The molecule has 0 aromatic heterocycles. The average Bonchev–Trinajstić information content (AvgIpc) is 2.99. The molecule has 0 bridgehead atoms. The second-order valence-electron chi connectivity index (χ2n) is 8.06. The van der Waals surface area contributed by atoms with Gasteiger partial charge in [-0.3, -0.25) is 9.59 Å². The number of ether oxygens (including phenoxy) is 2. The highest BCUT2D eigenvalue weighted by molar-refractivity contribution is 6.01. The number of carbonyl (C=O) groups excluding carboxylic acids is 2. The second-order valence-corrected chi connectivity index (χ2v) is 8.06. The van der Waals surface area contributed by atoms with Crippen LogP contribution in [0.2, 0.25) is 0 Å². The molecule has 0 radical (unpaired) electrons. The highest BCUT2D eigenvalue weighted by Crippen LogP contribution is 2.36. The van der Waals surface area contributed by atoms with E-state index in [2.05, 4.69) is 24.1 Å². The van der Waals surface area contributed by atoms with Crippen molar-refractivity contribution in [1.82, 2.24) is 10.2 Å². The Bertz CT molecular complexity index is 688. The number of hydrogen-bond donors (Lipinski definition) is 1. The van der Waals surface area contributed by atoms with Gasteiger partial charge in [0.1, 0.15) is 11.5 Å². The van der Waals surface area contributed by atoms with Crippen LogP contribution in [0.25, 0.3) is 0 Å². The zero-order valence-corrected chi connectivity index (χ0v) is 17.2. The van der Waals surface area contributed by atoms with Gasteiger partial charge in [0, 0.05) is 32.1 Å². The Morgan fingerprint density at radius 1 is 1.30 bits per heavy atom. The van der Waals surface area contributed by atoms with Gasteiger partial charge in [0.2, 0.25) is 11.8 Å². The first-order chi connectivity index (χ1) is 12.7. The molecule has 0 saturated carbocycles. The van der Waals surface area contributed by atoms with E-state index in [4.69, 9.17) is 9.47 Å². The fraction of sp³-hybridized carbons (Fsp3) is 0.600. The van der Waals surface area contributed by atoms with Gasteiger partial charge in [0.05, 0.1) is 25.8 Å². The smallest absolute Gasteiger partial charge is 0.227 e. The van der Waals surface area contributed by atoms with Crippen LogP contribution in [-0.2, 0) is 9.59 Å². The zero-order valence-electron chi connectivity index (χ0n) is 17.2. The lowest BCUT2D eigenvalue weighted by Gasteiger charge is -2.29. The number of amides is 2. The number of nitrogens with one attached hydrogen (secondary N) is 1. The molecule has 27 heavy (non-hydrogen) atoms. The van der Waals surface area contributed by atoms with E-state index >= 15 is 0 Å². The van der Waals surface area contributed by atoms with Crippen LogP contribution in [-0.4, -0.2) is 64.7 Å². The summed E-state index contributed by atoms with van der Waals surface area (Å²) in [7, 11) is 7.16. The molecule has 1 fully saturated rings. The first-order valence-electron chi connectivity index (χ1n) is 9.11. The summed E-state index contributed by atoms with van der Waals surface area (Å²) in [5.74, 6) is 0.673. The monoisotopic (exact) mass is 377 g/mol. The lowest BCUT2D eigenvalue weighted by atomic mass is 9.92. The maximum Gasteiger partial charge on any atom is 0.227 e. The van der Waals surface area contributed by atoms with E-state index in [0.717, 1.165) is 6.54 Å². The van der Waals surface area contributed by atoms with Gasteiger partial charge in [-0.2, -0.15) is 0 Å². The summed E-state index contributed by atoms with van der Waals surface area (Å²) in [4.78, 5) is 28.9. The van der Waals surface area contributed by atoms with Crippen LogP contribution in [0, 0.1) is 11.3 Å². The third-order valence-electron chi connectivity index (χ3n) is 4.66. The van der Waals surface area contributed by atoms with Crippen molar-refractivity contribution in [2.75, 3.05) is 52.8 Å². The molecule has 1 atom stereocenters. The molecule has 7 heteroatoms. The van der Waals surface area contributed by atoms with Crippen molar-refractivity contribution in [3.8, 4) is 11.5 Å². The molecule has 0 aliphatic carbocycles. The van der Waals surface area contributed by atoms with E-state index < -0.39 is 0 Å². The molecule has 2 rings (SSSR count). The number of hydrogen-bond acceptors (Lipinski definition) is 5. The van der Waals surface area contributed by atoms with Gasteiger partial charge in [-0.15, -0.1) is 0 Å². The van der Waals surface area contributed by atoms with Crippen LogP contribution in [0.15, 0.2) is 18.2 Å². The van der Waals surface area contributed by atoms with E-state index in [1.54, 1.807) is 37.3 Å². The van der Waals surface area contributed by atoms with Gasteiger partial charge < -0.3 is 24.6 Å². The van der Waals surface area contributed by atoms with Gasteiger partial charge in [-0.25, -0.2) is 0 Å². The van der Waals surface area contributed by atoms with Gasteiger partial charge in [0.25, 0.3) is 0 Å². The van der Waals surface area contributed by atoms with Crippen molar-refractivity contribution in [3.63, 3.8) is 0 Å². The lowest BCUT2D eigenvalue weighted by Crippen LogP contribution is -2.42. The lowest BCUT2D eigenvalue weighted by molar-refractivity contribution is -0.126. The van der Waals surface area contributed by atoms with Crippen LogP contribution < -0.4 is 19.7 Å². The highest BCUT2D eigenvalue weighted by atomic mass is 16.5. The molecule has 1 unspecified atom stereocenters. The predicted molar refractivity (Wildman–Crippen MR) is 105 cm³/mol. The van der Waals surface area contributed by atoms with Crippen molar-refractivity contribution in [2.45, 2.75) is 20.3 Å². The first-order valence-corrected chi connectivity index (χ1v) is 9.11. The minimum atomic E-state index is -0.372. The number of methoxy groups -OCH3 is 2. The highest BCUT2D eigenvalue weighted by Gasteiger charge is 2.37. The van der Waals surface area contributed by atoms with E-state index in [1.807, 2.05) is 14.1 Å². The predicted octanol–water partition coefficient (Wildman–Crippen LogP) is 1.76. The molecule has 7 nitrogen and oxygen atoms in total. The second kappa shape index (κ2) is 8.61. The van der Waals surface area contributed by atoms with Crippen molar-refractivity contribution < 1.29 is 19.1 Å². The molecule has 1 saturated heterocycles. The van der Waals surface area contributed by atoms with Crippen LogP contribution in [0.5, 0.6) is 11.5 Å². The summed E-state index contributed by atoms with van der Waals surface area (Å²) >= 11 is 0. The summed E-state index contributed by atoms with van der Waals surface area (Å²) in [5, 5.41) is 3.01. The molecule has 0 spiro atoms. The SMILES string of the molecule is COc1ccc(OC)c(N2CC(C(=O)NCC(C)(C)CN(C)C)CC2=O)c1. The fourth-order valence-corrected chi connectivity index (χ4v) is 3.51. The summed E-state index contributed by atoms with van der Waals surface area (Å²) in [6, 6.07) is 5.30. The van der Waals surface area contributed by atoms with E-state index in [9.17, 15) is 9.59 Å². The van der Waals surface area contributed by atoms with Gasteiger partial charge in [0.15, 0.2) is 0 Å². The van der Waals surface area contributed by atoms with Crippen molar-refractivity contribution in [2.24, 2.45) is 11.3 Å². The molecular weight excluding hydrogens is 346 g/mol. The molecule has 1 aromatic carbocycles. The molecule has 1 heterocycles. The zero-order chi connectivity index (χ0) is 20.2. The van der Waals surface area contributed by atoms with Crippen molar-refractivity contribution in [3.05, 3.63) is 18.2 Å².